The second-order valence-corrected chi connectivity index (χ2v) is 6.75. The summed E-state index contributed by atoms with van der Waals surface area (Å²) in [5, 5.41) is 8.94. The summed E-state index contributed by atoms with van der Waals surface area (Å²) >= 11 is 0. The molecule has 0 fully saturated rings. The van der Waals surface area contributed by atoms with Crippen molar-refractivity contribution in [2.24, 2.45) is 5.92 Å². The number of carbonyl (C=O) groups is 1. The van der Waals surface area contributed by atoms with E-state index in [9.17, 15) is 13.2 Å². The van der Waals surface area contributed by atoms with Crippen molar-refractivity contribution in [3.63, 3.8) is 0 Å². The van der Waals surface area contributed by atoms with Crippen molar-refractivity contribution in [2.75, 3.05) is 12.4 Å². The van der Waals surface area contributed by atoms with E-state index in [2.05, 4.69) is 4.72 Å². The van der Waals surface area contributed by atoms with Crippen molar-refractivity contribution in [3.05, 3.63) is 0 Å². The minimum absolute atomic E-state index is 0.0499. The maximum absolute atomic E-state index is 11.7. The van der Waals surface area contributed by atoms with Crippen LogP contribution >= 0.6 is 0 Å². The molecule has 108 valence electrons. The highest BCUT2D eigenvalue weighted by Gasteiger charge is 2.24. The smallest absolute Gasteiger partial charge is 0.321 e. The fourth-order valence-electron chi connectivity index (χ4n) is 1.34. The van der Waals surface area contributed by atoms with Crippen LogP contribution in [0, 0.1) is 5.92 Å². The molecular formula is C11H23NO5S. The molecule has 6 nitrogen and oxygen atoms in total. The summed E-state index contributed by atoms with van der Waals surface area (Å²) < 4.78 is 30.6. The Hall–Kier alpha value is -0.660. The summed E-state index contributed by atoms with van der Waals surface area (Å²) in [5.74, 6) is -1.29. The summed E-state index contributed by atoms with van der Waals surface area (Å²) in [6.07, 6.45) is 0.214. The van der Waals surface area contributed by atoms with E-state index in [1.54, 1.807) is 13.8 Å². The standard InChI is InChI=1S/C11H23NO5S/c1-8(2)7-10(11(13)14)12-18(15,16)6-5-17-9(3)4/h8-10,12H,5-7H2,1-4H3,(H,13,14). The van der Waals surface area contributed by atoms with E-state index in [0.717, 1.165) is 0 Å². The number of rotatable bonds is 9. The van der Waals surface area contributed by atoms with E-state index in [1.807, 2.05) is 13.8 Å². The van der Waals surface area contributed by atoms with Gasteiger partial charge in [-0.25, -0.2) is 13.1 Å². The normalized spacial score (nSPS) is 14.1. The predicted octanol–water partition coefficient (Wildman–Crippen LogP) is 0.830. The fraction of sp³-hybridized carbons (Fsp3) is 0.909. The molecule has 2 N–H and O–H groups in total. The third kappa shape index (κ3) is 8.43. The van der Waals surface area contributed by atoms with Gasteiger partial charge in [-0.15, -0.1) is 0 Å². The molecule has 0 radical (unpaired) electrons. The lowest BCUT2D eigenvalue weighted by atomic mass is 10.1. The molecule has 0 aliphatic rings. The third-order valence-electron chi connectivity index (χ3n) is 2.13. The molecule has 0 saturated carbocycles. The number of nitrogens with one attached hydrogen (secondary N) is 1. The zero-order valence-corrected chi connectivity index (χ0v) is 12.2. The molecule has 0 aromatic carbocycles. The Bertz CT molecular complexity index is 350. The lowest BCUT2D eigenvalue weighted by molar-refractivity contribution is -0.139. The number of hydrogen-bond donors (Lipinski definition) is 2. The van der Waals surface area contributed by atoms with Crippen LogP contribution in [0.2, 0.25) is 0 Å². The molecule has 0 bridgehead atoms. The Kier molecular flexibility index (Phi) is 7.42. The first-order valence-corrected chi connectivity index (χ1v) is 7.63. The van der Waals surface area contributed by atoms with Crippen LogP contribution in [0.5, 0.6) is 0 Å². The number of ether oxygens (including phenoxy) is 1. The molecule has 0 rings (SSSR count). The van der Waals surface area contributed by atoms with Gasteiger partial charge >= 0.3 is 5.97 Å². The molecule has 0 saturated heterocycles. The van der Waals surface area contributed by atoms with Gasteiger partial charge in [0.2, 0.25) is 10.0 Å². The first-order valence-electron chi connectivity index (χ1n) is 5.98. The molecular weight excluding hydrogens is 258 g/mol. The van der Waals surface area contributed by atoms with Crippen molar-refractivity contribution >= 4 is 16.0 Å². The van der Waals surface area contributed by atoms with E-state index >= 15 is 0 Å². The number of carboxylic acid groups (broad SMARTS) is 1. The van der Waals surface area contributed by atoms with Crippen LogP contribution in [-0.4, -0.2) is 44.0 Å². The number of hydrogen-bond acceptors (Lipinski definition) is 4. The van der Waals surface area contributed by atoms with Gasteiger partial charge in [0.15, 0.2) is 0 Å². The van der Waals surface area contributed by atoms with Crippen LogP contribution in [0.4, 0.5) is 0 Å². The summed E-state index contributed by atoms with van der Waals surface area (Å²) in [7, 11) is -3.62. The van der Waals surface area contributed by atoms with Crippen LogP contribution < -0.4 is 4.72 Å². The Balaban J connectivity index is 4.38. The summed E-state index contributed by atoms with van der Waals surface area (Å²) in [6, 6.07) is -1.07. The molecule has 0 spiro atoms. The van der Waals surface area contributed by atoms with Gasteiger partial charge in [-0.1, -0.05) is 13.8 Å². The van der Waals surface area contributed by atoms with E-state index in [1.165, 1.54) is 0 Å². The van der Waals surface area contributed by atoms with Gasteiger partial charge in [0.1, 0.15) is 6.04 Å². The topological polar surface area (TPSA) is 92.7 Å². The molecule has 0 aromatic rings. The molecule has 0 aromatic heterocycles. The number of sulfonamides is 1. The van der Waals surface area contributed by atoms with Gasteiger partial charge in [-0.3, -0.25) is 4.79 Å². The lowest BCUT2D eigenvalue weighted by Gasteiger charge is -2.16. The quantitative estimate of drug-likeness (QED) is 0.653. The van der Waals surface area contributed by atoms with Gasteiger partial charge in [0.05, 0.1) is 18.5 Å². The van der Waals surface area contributed by atoms with Crippen LogP contribution in [0.1, 0.15) is 34.1 Å². The lowest BCUT2D eigenvalue weighted by Crippen LogP contribution is -2.43. The van der Waals surface area contributed by atoms with Crippen molar-refractivity contribution < 1.29 is 23.1 Å². The first-order chi connectivity index (χ1) is 8.14. The second kappa shape index (κ2) is 7.70. The zero-order chi connectivity index (χ0) is 14.3. The summed E-state index contributed by atoms with van der Waals surface area (Å²) in [6.45, 7) is 7.34. The van der Waals surface area contributed by atoms with Gasteiger partial charge in [-0.05, 0) is 26.2 Å². The van der Waals surface area contributed by atoms with Crippen molar-refractivity contribution in [1.82, 2.24) is 4.72 Å². The molecule has 0 heterocycles. The molecule has 1 unspecified atom stereocenters. The van der Waals surface area contributed by atoms with Crippen molar-refractivity contribution in [2.45, 2.75) is 46.3 Å². The van der Waals surface area contributed by atoms with Gasteiger partial charge in [0.25, 0.3) is 0 Å². The molecule has 0 aliphatic carbocycles. The summed E-state index contributed by atoms with van der Waals surface area (Å²) in [5.41, 5.74) is 0. The molecule has 0 amide bonds. The molecule has 7 heteroatoms. The van der Waals surface area contributed by atoms with Crippen LogP contribution in [-0.2, 0) is 19.6 Å². The second-order valence-electron chi connectivity index (χ2n) is 4.88. The Labute approximate surface area is 109 Å². The Morgan fingerprint density at radius 3 is 2.22 bits per heavy atom. The van der Waals surface area contributed by atoms with Crippen LogP contribution in [0.3, 0.4) is 0 Å². The van der Waals surface area contributed by atoms with Crippen molar-refractivity contribution in [1.29, 1.82) is 0 Å². The van der Waals surface area contributed by atoms with Crippen molar-refractivity contribution in [3.8, 4) is 0 Å². The van der Waals surface area contributed by atoms with E-state index in [0.29, 0.717) is 0 Å². The van der Waals surface area contributed by atoms with E-state index in [-0.39, 0.29) is 30.8 Å². The van der Waals surface area contributed by atoms with Crippen LogP contribution in [0.25, 0.3) is 0 Å². The first kappa shape index (κ1) is 17.3. The number of aliphatic carboxylic acids is 1. The highest BCUT2D eigenvalue weighted by molar-refractivity contribution is 7.89. The monoisotopic (exact) mass is 281 g/mol. The fourth-order valence-corrected chi connectivity index (χ4v) is 2.40. The highest BCUT2D eigenvalue weighted by Crippen LogP contribution is 2.06. The highest BCUT2D eigenvalue weighted by atomic mass is 32.2. The van der Waals surface area contributed by atoms with E-state index < -0.39 is 22.0 Å². The molecule has 0 aliphatic heterocycles. The minimum Gasteiger partial charge on any atom is -0.480 e. The predicted molar refractivity (Wildman–Crippen MR) is 68.9 cm³/mol. The molecule has 1 atom stereocenters. The largest absolute Gasteiger partial charge is 0.480 e. The zero-order valence-electron chi connectivity index (χ0n) is 11.3. The van der Waals surface area contributed by atoms with Gasteiger partial charge in [-0.2, -0.15) is 0 Å². The maximum Gasteiger partial charge on any atom is 0.321 e. The minimum atomic E-state index is -3.62. The summed E-state index contributed by atoms with van der Waals surface area (Å²) in [4.78, 5) is 10.9. The van der Waals surface area contributed by atoms with Crippen LogP contribution in [0.15, 0.2) is 0 Å². The average Bonchev–Trinajstić information content (AvgIpc) is 2.14. The molecule has 18 heavy (non-hydrogen) atoms. The number of carboxylic acids is 1. The van der Waals surface area contributed by atoms with Gasteiger partial charge < -0.3 is 9.84 Å². The maximum atomic E-state index is 11.7. The Morgan fingerprint density at radius 1 is 1.28 bits per heavy atom. The van der Waals surface area contributed by atoms with Gasteiger partial charge in [0, 0.05) is 0 Å². The van der Waals surface area contributed by atoms with E-state index in [4.69, 9.17) is 9.84 Å². The Morgan fingerprint density at radius 2 is 1.83 bits per heavy atom. The average molecular weight is 281 g/mol. The third-order valence-corrected chi connectivity index (χ3v) is 3.48. The SMILES string of the molecule is CC(C)CC(NS(=O)(=O)CCOC(C)C)C(=O)O.